The van der Waals surface area contributed by atoms with Gasteiger partial charge in [-0.2, -0.15) is 0 Å². The van der Waals surface area contributed by atoms with Gasteiger partial charge in [0, 0.05) is 12.6 Å². The van der Waals surface area contributed by atoms with Gasteiger partial charge in [-0.25, -0.2) is 8.78 Å². The molecule has 1 unspecified atom stereocenters. The zero-order valence-electron chi connectivity index (χ0n) is 10.6. The SMILES string of the molecule is Cc1cccc(C(CN)Oc2ccc(F)c(F)c2)c1. The Hall–Kier alpha value is -1.94. The molecule has 0 fully saturated rings. The Morgan fingerprint density at radius 3 is 2.53 bits per heavy atom. The van der Waals surface area contributed by atoms with Crippen LogP contribution in [0.25, 0.3) is 0 Å². The quantitative estimate of drug-likeness (QED) is 0.918. The first-order chi connectivity index (χ1) is 9.10. The molecule has 0 aromatic heterocycles. The monoisotopic (exact) mass is 263 g/mol. The van der Waals surface area contributed by atoms with E-state index in [0.717, 1.165) is 23.3 Å². The van der Waals surface area contributed by atoms with E-state index < -0.39 is 11.6 Å². The molecule has 19 heavy (non-hydrogen) atoms. The lowest BCUT2D eigenvalue weighted by Gasteiger charge is -2.18. The third-order valence-electron chi connectivity index (χ3n) is 2.80. The summed E-state index contributed by atoms with van der Waals surface area (Å²) in [5.74, 6) is -1.57. The van der Waals surface area contributed by atoms with Crippen LogP contribution in [0.4, 0.5) is 8.78 Å². The number of rotatable bonds is 4. The fourth-order valence-corrected chi connectivity index (χ4v) is 1.84. The Balaban J connectivity index is 2.21. The molecule has 2 rings (SSSR count). The van der Waals surface area contributed by atoms with Gasteiger partial charge in [0.1, 0.15) is 11.9 Å². The number of benzene rings is 2. The topological polar surface area (TPSA) is 35.2 Å². The molecule has 0 saturated heterocycles. The van der Waals surface area contributed by atoms with Crippen molar-refractivity contribution >= 4 is 0 Å². The normalized spacial score (nSPS) is 12.2. The first-order valence-electron chi connectivity index (χ1n) is 5.98. The van der Waals surface area contributed by atoms with Gasteiger partial charge >= 0.3 is 0 Å². The summed E-state index contributed by atoms with van der Waals surface area (Å²) in [5, 5.41) is 0. The van der Waals surface area contributed by atoms with E-state index in [-0.39, 0.29) is 18.4 Å². The first-order valence-corrected chi connectivity index (χ1v) is 5.98. The Kier molecular flexibility index (Phi) is 4.12. The molecule has 0 saturated carbocycles. The van der Waals surface area contributed by atoms with Gasteiger partial charge in [0.05, 0.1) is 0 Å². The average molecular weight is 263 g/mol. The van der Waals surface area contributed by atoms with Gasteiger partial charge in [0.15, 0.2) is 11.6 Å². The molecule has 2 aromatic carbocycles. The summed E-state index contributed by atoms with van der Waals surface area (Å²) >= 11 is 0. The van der Waals surface area contributed by atoms with Crippen molar-refractivity contribution in [1.82, 2.24) is 0 Å². The maximum absolute atomic E-state index is 13.1. The second kappa shape index (κ2) is 5.80. The van der Waals surface area contributed by atoms with Crippen LogP contribution >= 0.6 is 0 Å². The molecule has 0 aliphatic carbocycles. The molecule has 0 bridgehead atoms. The molecule has 1 atom stereocenters. The smallest absolute Gasteiger partial charge is 0.162 e. The third kappa shape index (κ3) is 3.29. The van der Waals surface area contributed by atoms with Crippen LogP contribution in [0.3, 0.4) is 0 Å². The second-order valence-electron chi connectivity index (χ2n) is 4.33. The maximum atomic E-state index is 13.1. The number of nitrogens with two attached hydrogens (primary N) is 1. The summed E-state index contributed by atoms with van der Waals surface area (Å²) in [6, 6.07) is 11.2. The van der Waals surface area contributed by atoms with Crippen molar-refractivity contribution in [2.75, 3.05) is 6.54 Å². The molecule has 2 N–H and O–H groups in total. The standard InChI is InChI=1S/C15H15F2NO/c1-10-3-2-4-11(7-10)15(9-18)19-12-5-6-13(16)14(17)8-12/h2-8,15H,9,18H2,1H3. The van der Waals surface area contributed by atoms with E-state index in [9.17, 15) is 8.78 Å². The lowest BCUT2D eigenvalue weighted by molar-refractivity contribution is 0.213. The van der Waals surface area contributed by atoms with Crippen molar-refractivity contribution in [1.29, 1.82) is 0 Å². The molecular weight excluding hydrogens is 248 g/mol. The Morgan fingerprint density at radius 2 is 1.89 bits per heavy atom. The van der Waals surface area contributed by atoms with Crippen molar-refractivity contribution in [2.24, 2.45) is 5.73 Å². The maximum Gasteiger partial charge on any atom is 0.162 e. The molecule has 2 aromatic rings. The van der Waals surface area contributed by atoms with Gasteiger partial charge < -0.3 is 10.5 Å². The number of aryl methyl sites for hydroxylation is 1. The fourth-order valence-electron chi connectivity index (χ4n) is 1.84. The van der Waals surface area contributed by atoms with E-state index in [1.54, 1.807) is 0 Å². The number of hydrogen-bond donors (Lipinski definition) is 1. The van der Waals surface area contributed by atoms with Crippen LogP contribution in [0.5, 0.6) is 5.75 Å². The minimum atomic E-state index is -0.933. The van der Waals surface area contributed by atoms with Crippen LogP contribution in [0.15, 0.2) is 42.5 Å². The summed E-state index contributed by atoms with van der Waals surface area (Å²) in [5.41, 5.74) is 7.68. The molecular formula is C15H15F2NO. The van der Waals surface area contributed by atoms with Crippen LogP contribution < -0.4 is 10.5 Å². The summed E-state index contributed by atoms with van der Waals surface area (Å²) in [4.78, 5) is 0. The predicted octanol–water partition coefficient (Wildman–Crippen LogP) is 3.35. The zero-order chi connectivity index (χ0) is 13.8. The van der Waals surface area contributed by atoms with Gasteiger partial charge in [-0.1, -0.05) is 29.8 Å². The predicted molar refractivity (Wildman–Crippen MR) is 70.0 cm³/mol. The Morgan fingerprint density at radius 1 is 1.11 bits per heavy atom. The molecule has 0 spiro atoms. The minimum absolute atomic E-state index is 0.252. The fraction of sp³-hybridized carbons (Fsp3) is 0.200. The summed E-state index contributed by atoms with van der Waals surface area (Å²) < 4.78 is 31.6. The number of ether oxygens (including phenoxy) is 1. The van der Waals surface area contributed by atoms with Crippen molar-refractivity contribution in [3.05, 3.63) is 65.2 Å². The highest BCUT2D eigenvalue weighted by Crippen LogP contribution is 2.23. The lowest BCUT2D eigenvalue weighted by atomic mass is 10.1. The Labute approximate surface area is 110 Å². The van der Waals surface area contributed by atoms with E-state index in [2.05, 4.69) is 0 Å². The number of hydrogen-bond acceptors (Lipinski definition) is 2. The zero-order valence-corrected chi connectivity index (χ0v) is 10.6. The summed E-state index contributed by atoms with van der Waals surface area (Å²) in [7, 11) is 0. The van der Waals surface area contributed by atoms with Crippen molar-refractivity contribution < 1.29 is 13.5 Å². The van der Waals surface area contributed by atoms with Gasteiger partial charge in [-0.3, -0.25) is 0 Å². The average Bonchev–Trinajstić information content (AvgIpc) is 2.40. The van der Waals surface area contributed by atoms with Crippen molar-refractivity contribution in [2.45, 2.75) is 13.0 Å². The summed E-state index contributed by atoms with van der Waals surface area (Å²) in [6.07, 6.45) is -0.384. The van der Waals surface area contributed by atoms with Crippen LogP contribution in [0.2, 0.25) is 0 Å². The Bertz CT molecular complexity index is 572. The van der Waals surface area contributed by atoms with Gasteiger partial charge in [-0.15, -0.1) is 0 Å². The van der Waals surface area contributed by atoms with Gasteiger partial charge in [0.2, 0.25) is 0 Å². The summed E-state index contributed by atoms with van der Waals surface area (Å²) in [6.45, 7) is 2.22. The first kappa shape index (κ1) is 13.5. The van der Waals surface area contributed by atoms with Crippen molar-refractivity contribution in [3.63, 3.8) is 0 Å². The van der Waals surface area contributed by atoms with Crippen LogP contribution in [0, 0.1) is 18.6 Å². The van der Waals surface area contributed by atoms with E-state index in [1.165, 1.54) is 6.07 Å². The van der Waals surface area contributed by atoms with E-state index in [1.807, 2.05) is 31.2 Å². The largest absolute Gasteiger partial charge is 0.484 e. The van der Waals surface area contributed by atoms with Crippen LogP contribution in [-0.4, -0.2) is 6.54 Å². The highest BCUT2D eigenvalue weighted by Gasteiger charge is 2.13. The highest BCUT2D eigenvalue weighted by atomic mass is 19.2. The third-order valence-corrected chi connectivity index (χ3v) is 2.80. The van der Waals surface area contributed by atoms with E-state index in [0.29, 0.717) is 0 Å². The van der Waals surface area contributed by atoms with Gasteiger partial charge in [-0.05, 0) is 24.6 Å². The lowest BCUT2D eigenvalue weighted by Crippen LogP contribution is -2.18. The molecule has 0 heterocycles. The van der Waals surface area contributed by atoms with Crippen LogP contribution in [0.1, 0.15) is 17.2 Å². The molecule has 100 valence electrons. The van der Waals surface area contributed by atoms with Crippen LogP contribution in [-0.2, 0) is 0 Å². The molecule has 0 aliphatic rings. The minimum Gasteiger partial charge on any atom is -0.484 e. The van der Waals surface area contributed by atoms with E-state index in [4.69, 9.17) is 10.5 Å². The highest BCUT2D eigenvalue weighted by molar-refractivity contribution is 5.28. The number of halogens is 2. The van der Waals surface area contributed by atoms with Gasteiger partial charge in [0.25, 0.3) is 0 Å². The molecule has 2 nitrogen and oxygen atoms in total. The molecule has 4 heteroatoms. The van der Waals surface area contributed by atoms with Crippen molar-refractivity contribution in [3.8, 4) is 5.75 Å². The molecule has 0 aliphatic heterocycles. The molecule has 0 radical (unpaired) electrons. The second-order valence-corrected chi connectivity index (χ2v) is 4.33. The van der Waals surface area contributed by atoms with E-state index >= 15 is 0 Å². The molecule has 0 amide bonds.